The molecule has 0 radical (unpaired) electrons. The third kappa shape index (κ3) is 18.0. The molecule has 392 valence electrons. The van der Waals surface area contributed by atoms with Crippen LogP contribution in [0.1, 0.15) is 0 Å². The predicted octanol–water partition coefficient (Wildman–Crippen LogP) is 13.4. The van der Waals surface area contributed by atoms with Crippen molar-refractivity contribution in [2.75, 3.05) is 7.11 Å². The summed E-state index contributed by atoms with van der Waals surface area (Å²) in [5.74, 6) is 0. The van der Waals surface area contributed by atoms with Crippen LogP contribution in [0.15, 0.2) is 364 Å². The van der Waals surface area contributed by atoms with Crippen molar-refractivity contribution in [1.82, 2.24) is 0 Å². The topological polar surface area (TPSA) is 20.2 Å². The number of aliphatic hydroxyl groups is 1. The molecule has 0 spiro atoms. The Bertz CT molecular complexity index is 2580. The van der Waals surface area contributed by atoms with E-state index in [1.54, 1.807) is 0 Å². The maximum Gasteiger partial charge on any atom is 0.0319 e. The van der Waals surface area contributed by atoms with Gasteiger partial charge < -0.3 is 5.11 Å². The Hall–Kier alpha value is -7.02. The van der Waals surface area contributed by atoms with Crippen LogP contribution >= 0.6 is 31.7 Å². The Balaban J connectivity index is 0.000000150. The molecule has 12 aromatic carbocycles. The zero-order valence-corrected chi connectivity index (χ0v) is 49.3. The minimum absolute atomic E-state index is 0. The van der Waals surface area contributed by atoms with E-state index in [9.17, 15) is 0 Å². The van der Waals surface area contributed by atoms with Crippen LogP contribution in [0.25, 0.3) is 0 Å². The molecule has 0 aliphatic carbocycles. The Morgan fingerprint density at radius 2 is 0.203 bits per heavy atom. The second-order valence-corrected chi connectivity index (χ2v) is 26.2. The van der Waals surface area contributed by atoms with Crippen LogP contribution in [0.2, 0.25) is 0 Å². The fraction of sp³-hybridized carbons (Fsp3) is 0.0137. The number of hydrogen-bond donors (Lipinski definition) is 1. The van der Waals surface area contributed by atoms with E-state index in [2.05, 4.69) is 364 Å². The largest absolute Gasteiger partial charge is 0.400 e. The van der Waals surface area contributed by atoms with Crippen molar-refractivity contribution in [1.29, 1.82) is 0 Å². The van der Waals surface area contributed by atoms with Crippen molar-refractivity contribution in [3.8, 4) is 0 Å². The van der Waals surface area contributed by atoms with Gasteiger partial charge in [0, 0.05) is 27.5 Å². The molecule has 12 rings (SSSR count). The van der Waals surface area contributed by atoms with Gasteiger partial charge in [-0.05, 0) is 95.3 Å². The van der Waals surface area contributed by atoms with Crippen LogP contribution in [-0.4, -0.2) is 12.2 Å². The SMILES string of the molecule is CO.[Pd].c1ccc(P(c2ccccc2)c2ccccc2)cc1.c1ccc(P(c2ccccc2)c2ccccc2)cc1.c1ccc(P(c2ccccc2)c2ccccc2)cc1.c1ccc(P(c2ccccc2)c2ccccc2)cc1. The normalized spacial score (nSPS) is 10.3. The molecule has 1 N–H and O–H groups in total. The summed E-state index contributed by atoms with van der Waals surface area (Å²) in [6, 6.07) is 129. The van der Waals surface area contributed by atoms with Gasteiger partial charge in [0.2, 0.25) is 0 Å². The monoisotopic (exact) mass is 1190 g/mol. The van der Waals surface area contributed by atoms with E-state index in [1.807, 2.05) is 0 Å². The van der Waals surface area contributed by atoms with Crippen molar-refractivity contribution >= 4 is 95.3 Å². The van der Waals surface area contributed by atoms with Gasteiger partial charge in [-0.3, -0.25) is 0 Å². The average Bonchev–Trinajstić information content (AvgIpc) is 3.55. The van der Waals surface area contributed by atoms with E-state index >= 15 is 0 Å². The van der Waals surface area contributed by atoms with Gasteiger partial charge in [-0.2, -0.15) is 0 Å². The molecular formula is C73H64OP4Pd. The van der Waals surface area contributed by atoms with E-state index in [1.165, 1.54) is 63.7 Å². The summed E-state index contributed by atoms with van der Waals surface area (Å²) in [5, 5.41) is 23.8. The summed E-state index contributed by atoms with van der Waals surface area (Å²) in [4.78, 5) is 0. The first-order valence-electron chi connectivity index (χ1n) is 26.1. The summed E-state index contributed by atoms with van der Waals surface area (Å²) in [6.07, 6.45) is 0. The molecule has 0 amide bonds. The smallest absolute Gasteiger partial charge is 0.0319 e. The van der Waals surface area contributed by atoms with Gasteiger partial charge in [-0.1, -0.05) is 364 Å². The van der Waals surface area contributed by atoms with E-state index in [0.717, 1.165) is 7.11 Å². The standard InChI is InChI=1S/4C18H15P.CH4O.Pd/c4*1-4-10-16(11-5-1)19(17-12-6-2-7-13-17)18-14-8-3-9-15-18;1-2;/h4*1-15H;2H,1H3;. The van der Waals surface area contributed by atoms with Gasteiger partial charge in [0.15, 0.2) is 0 Å². The average molecular weight is 1190 g/mol. The van der Waals surface area contributed by atoms with Gasteiger partial charge in [0.25, 0.3) is 0 Å². The first-order valence-corrected chi connectivity index (χ1v) is 31.4. The Kier molecular flexibility index (Phi) is 25.7. The summed E-state index contributed by atoms with van der Waals surface area (Å²) < 4.78 is 0. The second-order valence-electron chi connectivity index (χ2n) is 17.4. The van der Waals surface area contributed by atoms with Crippen LogP contribution in [0.5, 0.6) is 0 Å². The van der Waals surface area contributed by atoms with Crippen LogP contribution < -0.4 is 63.7 Å². The molecule has 0 bridgehead atoms. The predicted molar refractivity (Wildman–Crippen MR) is 349 cm³/mol. The van der Waals surface area contributed by atoms with Gasteiger partial charge in [0.1, 0.15) is 0 Å². The first kappa shape index (κ1) is 59.6. The summed E-state index contributed by atoms with van der Waals surface area (Å²) in [7, 11) is -0.784. The molecule has 0 aromatic heterocycles. The van der Waals surface area contributed by atoms with Crippen LogP contribution in [0.4, 0.5) is 0 Å². The van der Waals surface area contributed by atoms with E-state index in [-0.39, 0.29) is 20.4 Å². The van der Waals surface area contributed by atoms with Crippen molar-refractivity contribution in [3.63, 3.8) is 0 Å². The fourth-order valence-electron chi connectivity index (χ4n) is 8.71. The number of aliphatic hydroxyl groups excluding tert-OH is 1. The zero-order valence-electron chi connectivity index (χ0n) is 44.2. The molecule has 1 nitrogen and oxygen atoms in total. The van der Waals surface area contributed by atoms with Crippen molar-refractivity contribution in [3.05, 3.63) is 364 Å². The molecule has 0 atom stereocenters. The molecule has 0 aliphatic rings. The molecule has 79 heavy (non-hydrogen) atoms. The third-order valence-electron chi connectivity index (χ3n) is 12.2. The first-order chi connectivity index (χ1) is 38.8. The third-order valence-corrected chi connectivity index (χ3v) is 21.9. The van der Waals surface area contributed by atoms with Crippen molar-refractivity contribution in [2.24, 2.45) is 0 Å². The molecule has 0 aliphatic heterocycles. The van der Waals surface area contributed by atoms with Crippen LogP contribution in [0.3, 0.4) is 0 Å². The molecule has 0 saturated heterocycles. The van der Waals surface area contributed by atoms with E-state index < -0.39 is 31.7 Å². The van der Waals surface area contributed by atoms with Gasteiger partial charge in [-0.15, -0.1) is 0 Å². The van der Waals surface area contributed by atoms with Gasteiger partial charge >= 0.3 is 0 Å². The molecule has 0 heterocycles. The molecule has 0 fully saturated rings. The molecule has 12 aromatic rings. The van der Waals surface area contributed by atoms with E-state index in [0.29, 0.717) is 0 Å². The second kappa shape index (κ2) is 34.1. The number of hydrogen-bond acceptors (Lipinski definition) is 1. The summed E-state index contributed by atoms with van der Waals surface area (Å²) >= 11 is 0. The fourth-order valence-corrected chi connectivity index (χ4v) is 17.9. The zero-order chi connectivity index (χ0) is 53.7. The Morgan fingerprint density at radius 3 is 0.266 bits per heavy atom. The maximum atomic E-state index is 7.00. The molecular weight excluding hydrogens is 1120 g/mol. The Morgan fingerprint density at radius 1 is 0.139 bits per heavy atom. The maximum absolute atomic E-state index is 7.00. The van der Waals surface area contributed by atoms with Crippen LogP contribution in [0, 0.1) is 0 Å². The minimum atomic E-state index is -0.446. The molecule has 0 saturated carbocycles. The Labute approximate surface area is 488 Å². The van der Waals surface area contributed by atoms with Crippen LogP contribution in [-0.2, 0) is 20.4 Å². The number of rotatable bonds is 12. The summed E-state index contributed by atoms with van der Waals surface area (Å²) in [6.45, 7) is 0. The minimum Gasteiger partial charge on any atom is -0.400 e. The molecule has 0 unspecified atom stereocenters. The van der Waals surface area contributed by atoms with Gasteiger partial charge in [-0.25, -0.2) is 0 Å². The quantitative estimate of drug-likeness (QED) is 0.0955. The van der Waals surface area contributed by atoms with Crippen molar-refractivity contribution < 1.29 is 25.5 Å². The van der Waals surface area contributed by atoms with Gasteiger partial charge in [0.05, 0.1) is 0 Å². The van der Waals surface area contributed by atoms with Crippen molar-refractivity contribution in [2.45, 2.75) is 0 Å². The molecule has 6 heteroatoms. The summed E-state index contributed by atoms with van der Waals surface area (Å²) in [5.41, 5.74) is 0. The van der Waals surface area contributed by atoms with E-state index in [4.69, 9.17) is 5.11 Å². The number of benzene rings is 12.